The van der Waals surface area contributed by atoms with Crippen molar-refractivity contribution in [2.24, 2.45) is 10.5 Å². The number of carbonyl (C=O) groups is 1. The van der Waals surface area contributed by atoms with Crippen LogP contribution < -0.4 is 9.91 Å². The molecule has 3 heterocycles. The van der Waals surface area contributed by atoms with Crippen molar-refractivity contribution in [2.75, 3.05) is 29.5 Å². The molecular weight excluding hydrogens is 479 g/mol. The number of piperazine rings is 1. The van der Waals surface area contributed by atoms with Crippen LogP contribution in [-0.2, 0) is 17.8 Å². The van der Waals surface area contributed by atoms with Crippen molar-refractivity contribution in [3.63, 3.8) is 0 Å². The van der Waals surface area contributed by atoms with Crippen LogP contribution in [-0.4, -0.2) is 42.2 Å². The van der Waals surface area contributed by atoms with Gasteiger partial charge in [0.2, 0.25) is 0 Å². The molecule has 35 heavy (non-hydrogen) atoms. The van der Waals surface area contributed by atoms with Crippen molar-refractivity contribution in [3.05, 3.63) is 94.0 Å². The lowest BCUT2D eigenvalue weighted by Gasteiger charge is -2.53. The van der Waals surface area contributed by atoms with E-state index in [1.165, 1.54) is 5.56 Å². The van der Waals surface area contributed by atoms with E-state index in [9.17, 15) is 4.79 Å². The van der Waals surface area contributed by atoms with Crippen LogP contribution in [0.2, 0.25) is 10.0 Å². The summed E-state index contributed by atoms with van der Waals surface area (Å²) in [5.41, 5.74) is 4.41. The topological polar surface area (TPSA) is 39.2 Å². The van der Waals surface area contributed by atoms with Gasteiger partial charge in [0, 0.05) is 41.9 Å². The second-order valence-corrected chi connectivity index (χ2v) is 10.5. The molecule has 1 saturated heterocycles. The molecule has 3 aromatic rings. The highest BCUT2D eigenvalue weighted by atomic mass is 35.5. The third kappa shape index (κ3) is 3.74. The van der Waals surface area contributed by atoms with Crippen molar-refractivity contribution < 1.29 is 4.79 Å². The molecule has 0 radical (unpaired) electrons. The summed E-state index contributed by atoms with van der Waals surface area (Å²) in [7, 11) is 0. The van der Waals surface area contributed by atoms with Crippen molar-refractivity contribution in [1.29, 1.82) is 0 Å². The molecule has 0 bridgehead atoms. The third-order valence-corrected chi connectivity index (χ3v) is 8.14. The van der Waals surface area contributed by atoms with E-state index in [4.69, 9.17) is 28.3 Å². The first-order chi connectivity index (χ1) is 17.0. The summed E-state index contributed by atoms with van der Waals surface area (Å²) in [4.78, 5) is 19.1. The summed E-state index contributed by atoms with van der Waals surface area (Å²) in [6, 6.07) is 23.8. The molecule has 3 aliphatic rings. The molecule has 0 aromatic heterocycles. The number of hydrogen-bond acceptors (Lipinski definition) is 4. The predicted molar refractivity (Wildman–Crippen MR) is 142 cm³/mol. The molecule has 0 aliphatic carbocycles. The first-order valence-corrected chi connectivity index (χ1v) is 12.7. The number of rotatable bonds is 3. The number of nitrogens with zero attached hydrogens (tertiary/aromatic N) is 4. The van der Waals surface area contributed by atoms with Gasteiger partial charge >= 0.3 is 0 Å². The number of anilines is 2. The number of fused-ring (bicyclic) bond motifs is 4. The monoisotopic (exact) mass is 504 g/mol. The van der Waals surface area contributed by atoms with Crippen LogP contribution in [0, 0.1) is 5.41 Å². The Kier molecular flexibility index (Phi) is 5.59. The lowest BCUT2D eigenvalue weighted by atomic mass is 9.67. The summed E-state index contributed by atoms with van der Waals surface area (Å²) < 4.78 is 0. The number of halogens is 2. The smallest absolute Gasteiger partial charge is 0.261 e. The van der Waals surface area contributed by atoms with Gasteiger partial charge in [-0.3, -0.25) is 9.69 Å². The average molecular weight is 505 g/mol. The molecule has 0 saturated carbocycles. The highest BCUT2D eigenvalue weighted by Crippen LogP contribution is 2.48. The Balaban J connectivity index is 1.41. The number of benzene rings is 3. The van der Waals surface area contributed by atoms with Gasteiger partial charge in [0.05, 0.1) is 17.4 Å². The van der Waals surface area contributed by atoms with Crippen LogP contribution >= 0.6 is 23.2 Å². The van der Waals surface area contributed by atoms with Crippen LogP contribution in [0.5, 0.6) is 0 Å². The van der Waals surface area contributed by atoms with Gasteiger partial charge in [-0.15, -0.1) is 0 Å². The molecule has 0 N–H and O–H groups in total. The zero-order chi connectivity index (χ0) is 24.2. The van der Waals surface area contributed by atoms with Crippen LogP contribution in [0.25, 0.3) is 0 Å². The van der Waals surface area contributed by atoms with Gasteiger partial charge in [0.25, 0.3) is 5.91 Å². The van der Waals surface area contributed by atoms with E-state index in [0.29, 0.717) is 11.4 Å². The van der Waals surface area contributed by atoms with Crippen LogP contribution in [0.15, 0.2) is 77.9 Å². The SMILES string of the molecule is CC1=NN(c2ccc(Cl)cc2)C(=O)C12Cc1ccc(Cl)cc1N1CCN(Cc3ccccc3)CC12. The fourth-order valence-electron chi connectivity index (χ4n) is 5.88. The van der Waals surface area contributed by atoms with Gasteiger partial charge in [0.15, 0.2) is 0 Å². The fourth-order valence-corrected chi connectivity index (χ4v) is 6.17. The van der Waals surface area contributed by atoms with E-state index in [-0.39, 0.29) is 11.9 Å². The second kappa shape index (κ2) is 8.66. The Labute approximate surface area is 215 Å². The normalized spacial score (nSPS) is 23.9. The summed E-state index contributed by atoms with van der Waals surface area (Å²) in [5.74, 6) is 0.0227. The number of carbonyl (C=O) groups excluding carboxylic acids is 1. The zero-order valence-electron chi connectivity index (χ0n) is 19.5. The minimum atomic E-state index is -0.740. The molecule has 1 fully saturated rings. The lowest BCUT2D eigenvalue weighted by Crippen LogP contribution is -2.66. The molecule has 1 amide bonds. The quantitative estimate of drug-likeness (QED) is 0.462. The van der Waals surface area contributed by atoms with Crippen LogP contribution in [0.4, 0.5) is 11.4 Å². The minimum absolute atomic E-state index is 0.0227. The molecule has 5 nitrogen and oxygen atoms in total. The van der Waals surface area contributed by atoms with Crippen LogP contribution in [0.1, 0.15) is 18.1 Å². The Bertz CT molecular complexity index is 1310. The van der Waals surface area contributed by atoms with Gasteiger partial charge in [0.1, 0.15) is 5.41 Å². The van der Waals surface area contributed by atoms with Crippen molar-refractivity contribution in [2.45, 2.75) is 25.9 Å². The number of hydrogen-bond donors (Lipinski definition) is 0. The molecule has 3 aromatic carbocycles. The van der Waals surface area contributed by atoms with Crippen molar-refractivity contribution >= 4 is 46.2 Å². The van der Waals surface area contributed by atoms with E-state index >= 15 is 0 Å². The first kappa shape index (κ1) is 22.6. The highest BCUT2D eigenvalue weighted by molar-refractivity contribution is 6.31. The summed E-state index contributed by atoms with van der Waals surface area (Å²) in [6.07, 6.45) is 0.609. The molecule has 1 spiro atoms. The lowest BCUT2D eigenvalue weighted by molar-refractivity contribution is -0.125. The maximum absolute atomic E-state index is 14.3. The van der Waals surface area contributed by atoms with Gasteiger partial charge in [-0.2, -0.15) is 10.1 Å². The molecule has 7 heteroatoms. The second-order valence-electron chi connectivity index (χ2n) is 9.63. The highest BCUT2D eigenvalue weighted by Gasteiger charge is 2.59. The van der Waals surface area contributed by atoms with E-state index in [2.05, 4.69) is 40.1 Å². The predicted octanol–water partition coefficient (Wildman–Crippen LogP) is 5.65. The van der Waals surface area contributed by atoms with E-state index in [1.807, 2.05) is 37.3 Å². The van der Waals surface area contributed by atoms with E-state index < -0.39 is 5.41 Å². The third-order valence-electron chi connectivity index (χ3n) is 7.65. The van der Waals surface area contributed by atoms with Gasteiger partial charge in [-0.1, -0.05) is 59.6 Å². The molecule has 6 rings (SSSR count). The Morgan fingerprint density at radius 1 is 0.971 bits per heavy atom. The van der Waals surface area contributed by atoms with Crippen molar-refractivity contribution in [3.8, 4) is 0 Å². The first-order valence-electron chi connectivity index (χ1n) is 11.9. The Morgan fingerprint density at radius 2 is 1.71 bits per heavy atom. The zero-order valence-corrected chi connectivity index (χ0v) is 21.0. The van der Waals surface area contributed by atoms with E-state index in [1.54, 1.807) is 17.1 Å². The van der Waals surface area contributed by atoms with Crippen molar-refractivity contribution in [1.82, 2.24) is 4.90 Å². The fraction of sp³-hybridized carbons (Fsp3) is 0.286. The number of amides is 1. The van der Waals surface area contributed by atoms with Gasteiger partial charge < -0.3 is 4.90 Å². The molecule has 3 aliphatic heterocycles. The molecular formula is C28H26Cl2N4O. The molecule has 2 unspecified atom stereocenters. The molecule has 178 valence electrons. The average Bonchev–Trinajstić information content (AvgIpc) is 3.11. The largest absolute Gasteiger partial charge is 0.364 e. The summed E-state index contributed by atoms with van der Waals surface area (Å²) in [6.45, 7) is 5.37. The molecule has 2 atom stereocenters. The maximum atomic E-state index is 14.3. The summed E-state index contributed by atoms with van der Waals surface area (Å²) in [5, 5.41) is 7.75. The number of hydrazone groups is 1. The Morgan fingerprint density at radius 3 is 2.49 bits per heavy atom. The van der Waals surface area contributed by atoms with Gasteiger partial charge in [-0.25, -0.2) is 0 Å². The maximum Gasteiger partial charge on any atom is 0.261 e. The Hall–Kier alpha value is -2.86. The summed E-state index contributed by atoms with van der Waals surface area (Å²) >= 11 is 12.5. The van der Waals surface area contributed by atoms with E-state index in [0.717, 1.165) is 53.9 Å². The standard InChI is InChI=1S/C28H26Cl2N4O/c1-19-28(27(35)34(31-19)24-11-9-22(29)10-12-24)16-21-7-8-23(30)15-25(21)33-14-13-32(18-26(28)33)17-20-5-3-2-4-6-20/h2-12,15,26H,13-14,16-18H2,1H3. The van der Waals surface area contributed by atoms with Crippen LogP contribution in [0.3, 0.4) is 0 Å². The minimum Gasteiger partial charge on any atom is -0.364 e. The van der Waals surface area contributed by atoms with Gasteiger partial charge in [-0.05, 0) is 60.9 Å².